The van der Waals surface area contributed by atoms with Crippen LogP contribution >= 0.6 is 0 Å². The van der Waals surface area contributed by atoms with Crippen molar-refractivity contribution in [3.05, 3.63) is 77.3 Å². The van der Waals surface area contributed by atoms with Crippen LogP contribution in [0, 0.1) is 5.41 Å². The van der Waals surface area contributed by atoms with Crippen LogP contribution in [0.25, 0.3) is 5.53 Å². The van der Waals surface area contributed by atoms with Gasteiger partial charge in [0.2, 0.25) is 0 Å². The molecule has 2 aromatic carbocycles. The minimum atomic E-state index is -0.0152. The molecule has 5 rings (SSSR count). The first-order valence-electron chi connectivity index (χ1n) is 9.25. The zero-order valence-corrected chi connectivity index (χ0v) is 14.1. The van der Waals surface area contributed by atoms with Gasteiger partial charge >= 0.3 is 0 Å². The van der Waals surface area contributed by atoms with Crippen LogP contribution in [-0.4, -0.2) is 15.8 Å². The van der Waals surface area contributed by atoms with E-state index in [1.165, 1.54) is 24.0 Å². The lowest BCUT2D eigenvalue weighted by Gasteiger charge is -2.45. The van der Waals surface area contributed by atoms with E-state index in [0.717, 1.165) is 32.1 Å². The molecule has 0 N–H and O–H groups in total. The standard InChI is InChI=1S/C22H24N2/c23-24-21-11-13-22(24,14-12-21)20(17-21,15-18-7-3-1-4-8-18)16-19-9-5-2-6-10-19/h1-10H,11-17H2. The lowest BCUT2D eigenvalue weighted by Crippen LogP contribution is -2.52. The Morgan fingerprint density at radius 3 is 1.62 bits per heavy atom. The second-order valence-corrected chi connectivity index (χ2v) is 8.35. The number of nitrogens with zero attached hydrogens (tertiary/aromatic N) is 2. The fourth-order valence-corrected chi connectivity index (χ4v) is 6.30. The van der Waals surface area contributed by atoms with Gasteiger partial charge in [-0.15, -0.1) is 0 Å². The molecule has 3 fully saturated rings. The van der Waals surface area contributed by atoms with Crippen molar-refractivity contribution in [2.45, 2.75) is 56.0 Å². The molecule has 0 saturated carbocycles. The Morgan fingerprint density at radius 2 is 1.25 bits per heavy atom. The fourth-order valence-electron chi connectivity index (χ4n) is 6.30. The minimum Gasteiger partial charge on any atom is -0.506 e. The minimum absolute atomic E-state index is 0.0152. The molecule has 24 heavy (non-hydrogen) atoms. The molecule has 3 heterocycles. The predicted octanol–water partition coefficient (Wildman–Crippen LogP) is 4.96. The molecule has 3 aliphatic rings. The van der Waals surface area contributed by atoms with Crippen molar-refractivity contribution in [3.8, 4) is 0 Å². The van der Waals surface area contributed by atoms with Crippen molar-refractivity contribution in [2.75, 3.05) is 0 Å². The molecule has 2 aromatic rings. The summed E-state index contributed by atoms with van der Waals surface area (Å²) in [5.41, 5.74) is 14.0. The maximum Gasteiger partial charge on any atom is 0.158 e. The first kappa shape index (κ1) is 14.4. The number of hydrogen-bond donors (Lipinski definition) is 0. The van der Waals surface area contributed by atoms with E-state index in [4.69, 9.17) is 0 Å². The van der Waals surface area contributed by atoms with Gasteiger partial charge in [-0.2, -0.15) is 0 Å². The number of hydrogen-bond acceptors (Lipinski definition) is 0. The van der Waals surface area contributed by atoms with E-state index in [2.05, 4.69) is 60.7 Å². The van der Waals surface area contributed by atoms with Crippen LogP contribution in [0.1, 0.15) is 43.2 Å². The van der Waals surface area contributed by atoms with E-state index in [0.29, 0.717) is 0 Å². The maximum atomic E-state index is 11.0. The van der Waals surface area contributed by atoms with E-state index >= 15 is 0 Å². The third kappa shape index (κ3) is 1.72. The molecular weight excluding hydrogens is 292 g/mol. The summed E-state index contributed by atoms with van der Waals surface area (Å²) in [6, 6.07) is 21.8. The van der Waals surface area contributed by atoms with Gasteiger partial charge in [0.15, 0.2) is 11.1 Å². The van der Waals surface area contributed by atoms with E-state index < -0.39 is 0 Å². The highest BCUT2D eigenvalue weighted by Gasteiger charge is 2.78. The first-order chi connectivity index (χ1) is 11.7. The van der Waals surface area contributed by atoms with Gasteiger partial charge in [-0.1, -0.05) is 60.7 Å². The fraction of sp³-hybridized carbons (Fsp3) is 0.455. The van der Waals surface area contributed by atoms with E-state index in [9.17, 15) is 5.53 Å². The highest BCUT2D eigenvalue weighted by molar-refractivity contribution is 5.29. The second-order valence-electron chi connectivity index (χ2n) is 8.35. The van der Waals surface area contributed by atoms with E-state index in [1.807, 2.05) is 4.70 Å². The molecule has 2 bridgehead atoms. The SMILES string of the molecule is [N-]=[N+]1C23CCC1(CC2)C(Cc1ccccc1)(Cc1ccccc1)C3. The number of benzene rings is 2. The Morgan fingerprint density at radius 1 is 0.750 bits per heavy atom. The Bertz CT molecular complexity index is 729. The van der Waals surface area contributed by atoms with Crippen LogP contribution in [0.2, 0.25) is 0 Å². The molecule has 3 saturated heterocycles. The summed E-state index contributed by atoms with van der Waals surface area (Å²) in [4.78, 5) is 0. The largest absolute Gasteiger partial charge is 0.506 e. The lowest BCUT2D eigenvalue weighted by molar-refractivity contribution is -0.632. The molecule has 0 aromatic heterocycles. The van der Waals surface area contributed by atoms with Gasteiger partial charge in [-0.3, -0.25) is 0 Å². The van der Waals surface area contributed by atoms with Crippen LogP contribution in [0.15, 0.2) is 60.7 Å². The topological polar surface area (TPSA) is 25.3 Å². The van der Waals surface area contributed by atoms with Crippen molar-refractivity contribution in [3.63, 3.8) is 0 Å². The first-order valence-corrected chi connectivity index (χ1v) is 9.25. The average molecular weight is 316 g/mol. The summed E-state index contributed by atoms with van der Waals surface area (Å²) in [5.74, 6) is 0. The highest BCUT2D eigenvalue weighted by atomic mass is 15.4. The third-order valence-electron chi connectivity index (χ3n) is 7.29. The van der Waals surface area contributed by atoms with Gasteiger partial charge in [0, 0.05) is 37.5 Å². The Labute approximate surface area is 144 Å². The molecule has 3 aliphatic heterocycles. The monoisotopic (exact) mass is 316 g/mol. The van der Waals surface area contributed by atoms with Gasteiger partial charge in [0.25, 0.3) is 0 Å². The normalized spacial score (nSPS) is 32.4. The van der Waals surface area contributed by atoms with Gasteiger partial charge in [0.1, 0.15) is 0 Å². The molecule has 0 spiro atoms. The van der Waals surface area contributed by atoms with Crippen molar-refractivity contribution in [1.29, 1.82) is 0 Å². The Kier molecular flexibility index (Phi) is 2.87. The van der Waals surface area contributed by atoms with Crippen molar-refractivity contribution in [2.24, 2.45) is 5.41 Å². The van der Waals surface area contributed by atoms with Crippen LogP contribution in [-0.2, 0) is 12.8 Å². The average Bonchev–Trinajstić information content (AvgIpc) is 3.11. The second kappa shape index (κ2) is 4.78. The van der Waals surface area contributed by atoms with Gasteiger partial charge < -0.3 is 10.2 Å². The van der Waals surface area contributed by atoms with E-state index in [1.54, 1.807) is 0 Å². The van der Waals surface area contributed by atoms with Gasteiger partial charge in [-0.05, 0) is 24.0 Å². The maximum absolute atomic E-state index is 11.0. The molecule has 122 valence electrons. The smallest absolute Gasteiger partial charge is 0.158 e. The summed E-state index contributed by atoms with van der Waals surface area (Å²) in [6.45, 7) is 0. The van der Waals surface area contributed by atoms with Crippen molar-refractivity contribution >= 4 is 0 Å². The van der Waals surface area contributed by atoms with Crippen LogP contribution in [0.3, 0.4) is 0 Å². The molecule has 2 heteroatoms. The molecule has 2 nitrogen and oxygen atoms in total. The molecule has 0 aliphatic carbocycles. The third-order valence-corrected chi connectivity index (χ3v) is 7.29. The summed E-state index contributed by atoms with van der Waals surface area (Å²) in [6.07, 6.45) is 7.94. The van der Waals surface area contributed by atoms with E-state index in [-0.39, 0.29) is 16.5 Å². The highest BCUT2D eigenvalue weighted by Crippen LogP contribution is 2.70. The lowest BCUT2D eigenvalue weighted by atomic mass is 9.52. The summed E-state index contributed by atoms with van der Waals surface area (Å²) in [5, 5.41) is 0. The van der Waals surface area contributed by atoms with Crippen LogP contribution in [0.4, 0.5) is 0 Å². The molecule has 0 radical (unpaired) electrons. The number of rotatable bonds is 4. The van der Waals surface area contributed by atoms with Crippen molar-refractivity contribution in [1.82, 2.24) is 0 Å². The Balaban J connectivity index is 1.59. The molecule has 0 unspecified atom stereocenters. The van der Waals surface area contributed by atoms with Gasteiger partial charge in [0.05, 0.1) is 0 Å². The summed E-state index contributed by atoms with van der Waals surface area (Å²) in [7, 11) is 0. The molecular formula is C22H24N2. The van der Waals surface area contributed by atoms with Gasteiger partial charge in [-0.25, -0.2) is 0 Å². The van der Waals surface area contributed by atoms with Crippen LogP contribution in [0.5, 0.6) is 0 Å². The Hall–Kier alpha value is -1.96. The van der Waals surface area contributed by atoms with Crippen LogP contribution < -0.4 is 0 Å². The summed E-state index contributed by atoms with van der Waals surface area (Å²) >= 11 is 0. The molecule has 0 atom stereocenters. The zero-order chi connectivity index (χ0) is 16.3. The predicted molar refractivity (Wildman–Crippen MR) is 94.9 cm³/mol. The zero-order valence-electron chi connectivity index (χ0n) is 14.1. The molecule has 0 amide bonds. The van der Waals surface area contributed by atoms with Crippen molar-refractivity contribution < 1.29 is 4.70 Å². The quantitative estimate of drug-likeness (QED) is 0.712. The summed E-state index contributed by atoms with van der Waals surface area (Å²) < 4.78 is 1.83.